The molecule has 6 heteroatoms. The molecule has 2 aromatic rings. The molecule has 21 heavy (non-hydrogen) atoms. The molecule has 1 N–H and O–H groups in total. The lowest BCUT2D eigenvalue weighted by Gasteiger charge is -2.21. The molecule has 0 aliphatic carbocycles. The fourth-order valence-corrected chi connectivity index (χ4v) is 3.67. The number of hydrogen-bond donors (Lipinski definition) is 1. The first-order valence-electron chi connectivity index (χ1n) is 6.76. The zero-order valence-electron chi connectivity index (χ0n) is 12.2. The van der Waals surface area contributed by atoms with E-state index in [1.54, 1.807) is 25.4 Å². The second-order valence-electron chi connectivity index (χ2n) is 4.52. The molecule has 0 aliphatic heterocycles. The van der Waals surface area contributed by atoms with Crippen LogP contribution in [0.1, 0.15) is 12.5 Å². The Bertz CT molecular complexity index is 687. The maximum atomic E-state index is 12.8. The zero-order valence-corrected chi connectivity index (χ0v) is 13.0. The van der Waals surface area contributed by atoms with E-state index in [4.69, 9.17) is 0 Å². The largest absolute Gasteiger partial charge is 0.372 e. The van der Waals surface area contributed by atoms with Gasteiger partial charge in [-0.3, -0.25) is 0 Å². The van der Waals surface area contributed by atoms with Gasteiger partial charge in [0.2, 0.25) is 10.0 Å². The molecule has 0 amide bonds. The first-order chi connectivity index (χ1) is 10.1. The van der Waals surface area contributed by atoms with Crippen LogP contribution in [0.5, 0.6) is 0 Å². The maximum absolute atomic E-state index is 12.8. The minimum atomic E-state index is -3.58. The lowest BCUT2D eigenvalue weighted by atomic mass is 10.2. The van der Waals surface area contributed by atoms with E-state index >= 15 is 0 Å². The quantitative estimate of drug-likeness (QED) is 0.890. The standard InChI is InChI=1S/C15H19N3O2S/c1-3-18(12-13-8-5-4-6-9-13)21(19,20)14-10-7-11-17-15(14)16-2/h4-11H,3,12H2,1-2H3,(H,16,17). The van der Waals surface area contributed by atoms with Gasteiger partial charge < -0.3 is 5.32 Å². The van der Waals surface area contributed by atoms with Crippen LogP contribution >= 0.6 is 0 Å². The minimum Gasteiger partial charge on any atom is -0.372 e. The van der Waals surface area contributed by atoms with Gasteiger partial charge in [0.1, 0.15) is 10.7 Å². The molecule has 0 atom stereocenters. The van der Waals surface area contributed by atoms with Gasteiger partial charge in [-0.25, -0.2) is 13.4 Å². The predicted octanol–water partition coefficient (Wildman–Crippen LogP) is 2.33. The Morgan fingerprint density at radius 3 is 2.48 bits per heavy atom. The Morgan fingerprint density at radius 1 is 1.14 bits per heavy atom. The molecule has 112 valence electrons. The predicted molar refractivity (Wildman–Crippen MR) is 83.5 cm³/mol. The Balaban J connectivity index is 2.36. The van der Waals surface area contributed by atoms with Crippen LogP contribution in [0.3, 0.4) is 0 Å². The van der Waals surface area contributed by atoms with Crippen LogP contribution in [0.15, 0.2) is 53.6 Å². The van der Waals surface area contributed by atoms with Crippen LogP contribution < -0.4 is 5.32 Å². The fraction of sp³-hybridized carbons (Fsp3) is 0.267. The molecule has 0 bridgehead atoms. The highest BCUT2D eigenvalue weighted by atomic mass is 32.2. The molecule has 0 spiro atoms. The summed E-state index contributed by atoms with van der Waals surface area (Å²) in [6.45, 7) is 2.57. The molecule has 1 aromatic heterocycles. The van der Waals surface area contributed by atoms with Gasteiger partial charge in [-0.1, -0.05) is 37.3 Å². The third-order valence-corrected chi connectivity index (χ3v) is 5.13. The van der Waals surface area contributed by atoms with Crippen molar-refractivity contribution in [2.75, 3.05) is 18.9 Å². The van der Waals surface area contributed by atoms with Crippen molar-refractivity contribution in [1.29, 1.82) is 0 Å². The highest BCUT2D eigenvalue weighted by Crippen LogP contribution is 2.23. The van der Waals surface area contributed by atoms with Crippen molar-refractivity contribution >= 4 is 15.8 Å². The number of anilines is 1. The van der Waals surface area contributed by atoms with Gasteiger partial charge in [-0.15, -0.1) is 0 Å². The Hall–Kier alpha value is -1.92. The van der Waals surface area contributed by atoms with E-state index in [0.29, 0.717) is 18.9 Å². The first kappa shape index (κ1) is 15.5. The molecule has 0 saturated carbocycles. The average Bonchev–Trinajstić information content (AvgIpc) is 2.53. The molecule has 1 heterocycles. The molecule has 0 aliphatic rings. The van der Waals surface area contributed by atoms with E-state index in [9.17, 15) is 8.42 Å². The Kier molecular flexibility index (Phi) is 4.93. The Morgan fingerprint density at radius 2 is 1.86 bits per heavy atom. The van der Waals surface area contributed by atoms with Crippen molar-refractivity contribution in [3.63, 3.8) is 0 Å². The van der Waals surface area contributed by atoms with Gasteiger partial charge in [0, 0.05) is 26.3 Å². The van der Waals surface area contributed by atoms with E-state index in [1.807, 2.05) is 37.3 Å². The lowest BCUT2D eigenvalue weighted by Crippen LogP contribution is -2.31. The van der Waals surface area contributed by atoms with Gasteiger partial charge in [-0.2, -0.15) is 4.31 Å². The van der Waals surface area contributed by atoms with E-state index in [-0.39, 0.29) is 4.90 Å². The molecule has 0 saturated heterocycles. The fourth-order valence-electron chi connectivity index (χ4n) is 2.08. The summed E-state index contributed by atoms with van der Waals surface area (Å²) in [4.78, 5) is 4.27. The van der Waals surface area contributed by atoms with Crippen LogP contribution in [0.25, 0.3) is 0 Å². The second-order valence-corrected chi connectivity index (χ2v) is 6.42. The number of hydrogen-bond acceptors (Lipinski definition) is 4. The third kappa shape index (κ3) is 3.40. The van der Waals surface area contributed by atoms with Gasteiger partial charge in [0.05, 0.1) is 0 Å². The highest BCUT2D eigenvalue weighted by molar-refractivity contribution is 7.89. The summed E-state index contributed by atoms with van der Waals surface area (Å²) >= 11 is 0. The molecule has 0 unspecified atom stereocenters. The van der Waals surface area contributed by atoms with E-state index < -0.39 is 10.0 Å². The SMILES string of the molecule is CCN(Cc1ccccc1)S(=O)(=O)c1cccnc1NC. The van der Waals surface area contributed by atoms with E-state index in [0.717, 1.165) is 5.56 Å². The summed E-state index contributed by atoms with van der Waals surface area (Å²) in [5.41, 5.74) is 0.956. The van der Waals surface area contributed by atoms with Gasteiger partial charge in [0.15, 0.2) is 0 Å². The van der Waals surface area contributed by atoms with Gasteiger partial charge in [-0.05, 0) is 17.7 Å². The van der Waals surface area contributed by atoms with E-state index in [1.165, 1.54) is 4.31 Å². The highest BCUT2D eigenvalue weighted by Gasteiger charge is 2.26. The summed E-state index contributed by atoms with van der Waals surface area (Å²) in [6, 6.07) is 12.7. The molecule has 0 fully saturated rings. The minimum absolute atomic E-state index is 0.199. The molecular weight excluding hydrogens is 286 g/mol. The number of benzene rings is 1. The summed E-state index contributed by atoms with van der Waals surface area (Å²) in [5, 5.41) is 2.83. The topological polar surface area (TPSA) is 62.3 Å². The average molecular weight is 305 g/mol. The van der Waals surface area contributed by atoms with Crippen LogP contribution in [0, 0.1) is 0 Å². The number of nitrogens with one attached hydrogen (secondary N) is 1. The van der Waals surface area contributed by atoms with Crippen molar-refractivity contribution in [3.8, 4) is 0 Å². The molecule has 2 rings (SSSR count). The Labute approximate surface area is 125 Å². The van der Waals surface area contributed by atoms with Gasteiger partial charge in [0.25, 0.3) is 0 Å². The van der Waals surface area contributed by atoms with Crippen molar-refractivity contribution in [2.45, 2.75) is 18.4 Å². The number of aromatic nitrogens is 1. The summed E-state index contributed by atoms with van der Waals surface area (Å²) in [6.07, 6.45) is 1.57. The summed E-state index contributed by atoms with van der Waals surface area (Å²) in [5.74, 6) is 0.365. The number of nitrogens with zero attached hydrogens (tertiary/aromatic N) is 2. The normalized spacial score (nSPS) is 11.6. The van der Waals surface area contributed by atoms with Crippen LogP contribution in [-0.2, 0) is 16.6 Å². The van der Waals surface area contributed by atoms with Crippen LogP contribution in [-0.4, -0.2) is 31.3 Å². The smallest absolute Gasteiger partial charge is 0.247 e. The molecule has 5 nitrogen and oxygen atoms in total. The maximum Gasteiger partial charge on any atom is 0.247 e. The summed E-state index contributed by atoms with van der Waals surface area (Å²) in [7, 11) is -1.92. The third-order valence-electron chi connectivity index (χ3n) is 3.18. The van der Waals surface area contributed by atoms with Crippen LogP contribution in [0.4, 0.5) is 5.82 Å². The first-order valence-corrected chi connectivity index (χ1v) is 8.20. The zero-order chi connectivity index (χ0) is 15.3. The van der Waals surface area contributed by atoms with Crippen molar-refractivity contribution in [1.82, 2.24) is 9.29 Å². The van der Waals surface area contributed by atoms with Crippen molar-refractivity contribution in [3.05, 3.63) is 54.2 Å². The second kappa shape index (κ2) is 6.69. The number of sulfonamides is 1. The summed E-state index contributed by atoms with van der Waals surface area (Å²) < 4.78 is 27.0. The van der Waals surface area contributed by atoms with Gasteiger partial charge >= 0.3 is 0 Å². The molecular formula is C15H19N3O2S. The number of pyridine rings is 1. The molecule has 0 radical (unpaired) electrons. The number of rotatable bonds is 6. The molecule has 1 aromatic carbocycles. The lowest BCUT2D eigenvalue weighted by molar-refractivity contribution is 0.423. The van der Waals surface area contributed by atoms with Crippen molar-refractivity contribution in [2.24, 2.45) is 0 Å². The van der Waals surface area contributed by atoms with E-state index in [2.05, 4.69) is 10.3 Å². The van der Waals surface area contributed by atoms with Crippen molar-refractivity contribution < 1.29 is 8.42 Å². The monoisotopic (exact) mass is 305 g/mol. The van der Waals surface area contributed by atoms with Crippen LogP contribution in [0.2, 0.25) is 0 Å².